The maximum Gasteiger partial charge on any atom is 0.152 e. The van der Waals surface area contributed by atoms with Crippen LogP contribution < -0.4 is 5.32 Å². The summed E-state index contributed by atoms with van der Waals surface area (Å²) in [5.74, 6) is 2.32. The molecule has 0 amide bonds. The van der Waals surface area contributed by atoms with Gasteiger partial charge in [-0.25, -0.2) is 0 Å². The number of fused-ring (bicyclic) bond motifs is 1. The molecule has 1 aromatic carbocycles. The number of para-hydroxylation sites is 1. The number of nitrogens with one attached hydrogen (secondary N) is 1. The summed E-state index contributed by atoms with van der Waals surface area (Å²) in [6.07, 6.45) is 5.15. The zero-order chi connectivity index (χ0) is 13.2. The van der Waals surface area contributed by atoms with Crippen LogP contribution >= 0.6 is 11.6 Å². The molecule has 102 valence electrons. The monoisotopic (exact) mass is 277 g/mol. The van der Waals surface area contributed by atoms with Gasteiger partial charge in [0.2, 0.25) is 0 Å². The standard InChI is InChI=1S/C16H20ClNO/c1-18-10-12-5-2-3-7-13(12)15-9-11-6-4-8-14(17)16(11)19-15/h4,6,8-9,12-13,18H,2-3,5,7,10H2,1H3. The highest BCUT2D eigenvalue weighted by Crippen LogP contribution is 2.40. The molecule has 2 aromatic rings. The maximum absolute atomic E-state index is 6.20. The van der Waals surface area contributed by atoms with E-state index in [0.717, 1.165) is 23.3 Å². The third kappa shape index (κ3) is 2.52. The topological polar surface area (TPSA) is 25.2 Å². The summed E-state index contributed by atoms with van der Waals surface area (Å²) < 4.78 is 6.06. The number of hydrogen-bond acceptors (Lipinski definition) is 2. The molecule has 1 aromatic heterocycles. The lowest BCUT2D eigenvalue weighted by Gasteiger charge is -2.29. The molecule has 1 saturated carbocycles. The molecular weight excluding hydrogens is 258 g/mol. The molecule has 3 heteroatoms. The van der Waals surface area contributed by atoms with Crippen LogP contribution in [0.3, 0.4) is 0 Å². The SMILES string of the molecule is CNCC1CCCCC1c1cc2cccc(Cl)c2o1. The summed E-state index contributed by atoms with van der Waals surface area (Å²) in [5.41, 5.74) is 0.841. The van der Waals surface area contributed by atoms with Crippen LogP contribution in [0.2, 0.25) is 5.02 Å². The molecule has 1 aliphatic carbocycles. The van der Waals surface area contributed by atoms with E-state index in [4.69, 9.17) is 16.0 Å². The minimum Gasteiger partial charge on any atom is -0.459 e. The van der Waals surface area contributed by atoms with Crippen LogP contribution in [0.25, 0.3) is 11.0 Å². The van der Waals surface area contributed by atoms with Gasteiger partial charge in [-0.1, -0.05) is 36.6 Å². The first kappa shape index (κ1) is 13.0. The van der Waals surface area contributed by atoms with Crippen molar-refractivity contribution in [3.8, 4) is 0 Å². The van der Waals surface area contributed by atoms with Crippen molar-refractivity contribution in [3.63, 3.8) is 0 Å². The summed E-state index contributed by atoms with van der Waals surface area (Å²) in [7, 11) is 2.03. The Morgan fingerprint density at radius 3 is 2.95 bits per heavy atom. The van der Waals surface area contributed by atoms with Gasteiger partial charge >= 0.3 is 0 Å². The number of furan rings is 1. The average Bonchev–Trinajstić information content (AvgIpc) is 2.85. The molecule has 0 bridgehead atoms. The molecule has 0 saturated heterocycles. The first-order valence-corrected chi connectivity index (χ1v) is 7.50. The third-order valence-corrected chi connectivity index (χ3v) is 4.55. The largest absolute Gasteiger partial charge is 0.459 e. The molecule has 2 nitrogen and oxygen atoms in total. The van der Waals surface area contributed by atoms with E-state index in [0.29, 0.717) is 16.9 Å². The van der Waals surface area contributed by atoms with Gasteiger partial charge in [-0.2, -0.15) is 0 Å². The summed E-state index contributed by atoms with van der Waals surface area (Å²) in [4.78, 5) is 0. The molecule has 1 aliphatic rings. The van der Waals surface area contributed by atoms with E-state index in [9.17, 15) is 0 Å². The van der Waals surface area contributed by atoms with E-state index >= 15 is 0 Å². The Morgan fingerprint density at radius 2 is 2.16 bits per heavy atom. The van der Waals surface area contributed by atoms with E-state index in [-0.39, 0.29) is 0 Å². The number of rotatable bonds is 3. The normalized spacial score (nSPS) is 23.9. The molecule has 0 aliphatic heterocycles. The van der Waals surface area contributed by atoms with Crippen LogP contribution in [-0.2, 0) is 0 Å². The van der Waals surface area contributed by atoms with Gasteiger partial charge in [0.25, 0.3) is 0 Å². The van der Waals surface area contributed by atoms with Crippen molar-refractivity contribution >= 4 is 22.6 Å². The average molecular weight is 278 g/mol. The Balaban J connectivity index is 1.95. The first-order chi connectivity index (χ1) is 9.29. The van der Waals surface area contributed by atoms with E-state index < -0.39 is 0 Å². The molecule has 0 radical (unpaired) electrons. The van der Waals surface area contributed by atoms with Crippen LogP contribution in [0.4, 0.5) is 0 Å². The van der Waals surface area contributed by atoms with Crippen molar-refractivity contribution < 1.29 is 4.42 Å². The van der Waals surface area contributed by atoms with Gasteiger partial charge in [0, 0.05) is 11.3 Å². The number of halogens is 1. The second kappa shape index (κ2) is 5.56. The zero-order valence-corrected chi connectivity index (χ0v) is 12.0. The number of hydrogen-bond donors (Lipinski definition) is 1. The molecule has 19 heavy (non-hydrogen) atoms. The van der Waals surface area contributed by atoms with Crippen LogP contribution in [0.5, 0.6) is 0 Å². The van der Waals surface area contributed by atoms with Crippen LogP contribution in [-0.4, -0.2) is 13.6 Å². The fraction of sp³-hybridized carbons (Fsp3) is 0.500. The molecule has 1 fully saturated rings. The second-order valence-electron chi connectivity index (χ2n) is 5.52. The lowest BCUT2D eigenvalue weighted by Crippen LogP contribution is -2.27. The highest BCUT2D eigenvalue weighted by molar-refractivity contribution is 6.34. The Morgan fingerprint density at radius 1 is 1.32 bits per heavy atom. The molecule has 1 heterocycles. The summed E-state index contributed by atoms with van der Waals surface area (Å²) in [6, 6.07) is 8.13. The highest BCUT2D eigenvalue weighted by atomic mass is 35.5. The van der Waals surface area contributed by atoms with Gasteiger partial charge in [0.15, 0.2) is 5.58 Å². The molecule has 2 unspecified atom stereocenters. The smallest absolute Gasteiger partial charge is 0.152 e. The highest BCUT2D eigenvalue weighted by Gasteiger charge is 2.28. The van der Waals surface area contributed by atoms with Gasteiger partial charge in [-0.05, 0) is 44.5 Å². The minimum atomic E-state index is 0.532. The summed E-state index contributed by atoms with van der Waals surface area (Å²) in [5, 5.41) is 5.15. The van der Waals surface area contributed by atoms with E-state index in [2.05, 4.69) is 17.4 Å². The van der Waals surface area contributed by atoms with Crippen molar-refractivity contribution in [2.24, 2.45) is 5.92 Å². The molecule has 3 rings (SSSR count). The van der Waals surface area contributed by atoms with Crippen LogP contribution in [0, 0.1) is 5.92 Å². The van der Waals surface area contributed by atoms with Gasteiger partial charge < -0.3 is 9.73 Å². The van der Waals surface area contributed by atoms with E-state index in [1.165, 1.54) is 25.7 Å². The quantitative estimate of drug-likeness (QED) is 0.888. The third-order valence-electron chi connectivity index (χ3n) is 4.26. The zero-order valence-electron chi connectivity index (χ0n) is 11.3. The molecule has 0 spiro atoms. The predicted molar refractivity (Wildman–Crippen MR) is 79.8 cm³/mol. The maximum atomic E-state index is 6.20. The van der Waals surface area contributed by atoms with Crippen molar-refractivity contribution in [2.75, 3.05) is 13.6 Å². The Bertz CT molecular complexity index is 561. The fourth-order valence-corrected chi connectivity index (χ4v) is 3.54. The summed E-state index contributed by atoms with van der Waals surface area (Å²) >= 11 is 6.20. The van der Waals surface area contributed by atoms with Crippen molar-refractivity contribution in [3.05, 3.63) is 35.0 Å². The van der Waals surface area contributed by atoms with Crippen molar-refractivity contribution in [1.29, 1.82) is 0 Å². The van der Waals surface area contributed by atoms with Crippen molar-refractivity contribution in [1.82, 2.24) is 5.32 Å². The lowest BCUT2D eigenvalue weighted by molar-refractivity contribution is 0.272. The Kier molecular flexibility index (Phi) is 3.81. The van der Waals surface area contributed by atoms with Gasteiger partial charge in [0.05, 0.1) is 5.02 Å². The molecule has 1 N–H and O–H groups in total. The van der Waals surface area contributed by atoms with Gasteiger partial charge in [-0.3, -0.25) is 0 Å². The Labute approximate surface area is 119 Å². The Hall–Kier alpha value is -0.990. The fourth-order valence-electron chi connectivity index (χ4n) is 3.32. The minimum absolute atomic E-state index is 0.532. The van der Waals surface area contributed by atoms with Crippen molar-refractivity contribution in [2.45, 2.75) is 31.6 Å². The summed E-state index contributed by atoms with van der Waals surface area (Å²) in [6.45, 7) is 1.06. The van der Waals surface area contributed by atoms with E-state index in [1.54, 1.807) is 0 Å². The second-order valence-corrected chi connectivity index (χ2v) is 5.92. The van der Waals surface area contributed by atoms with E-state index in [1.807, 2.05) is 19.2 Å². The first-order valence-electron chi connectivity index (χ1n) is 7.12. The van der Waals surface area contributed by atoms with Crippen LogP contribution in [0.15, 0.2) is 28.7 Å². The van der Waals surface area contributed by atoms with Gasteiger partial charge in [0.1, 0.15) is 5.76 Å². The lowest BCUT2D eigenvalue weighted by atomic mass is 9.78. The molecule has 2 atom stereocenters. The molecular formula is C16H20ClNO. The van der Waals surface area contributed by atoms with Gasteiger partial charge in [-0.15, -0.1) is 0 Å². The number of benzene rings is 1. The predicted octanol–water partition coefficient (Wildman–Crippen LogP) is 4.58. The van der Waals surface area contributed by atoms with Crippen LogP contribution in [0.1, 0.15) is 37.4 Å².